The third-order valence-electron chi connectivity index (χ3n) is 9.73. The fourth-order valence-corrected chi connectivity index (χ4v) is 8.37. The van der Waals surface area contributed by atoms with Crippen LogP contribution in [0.15, 0.2) is 24.3 Å². The first-order valence-corrected chi connectivity index (χ1v) is 16.8. The van der Waals surface area contributed by atoms with Crippen LogP contribution < -0.4 is 0 Å². The number of aryl methyl sites for hydroxylation is 2. The molecule has 3 aliphatic heterocycles. The summed E-state index contributed by atoms with van der Waals surface area (Å²) in [6, 6.07) is 9.21. The molecule has 5 heterocycles. The zero-order valence-corrected chi connectivity index (χ0v) is 26.5. The predicted octanol–water partition coefficient (Wildman–Crippen LogP) is 5.67. The maximum absolute atomic E-state index is 13.5. The number of benzene rings is 1. The number of carbonyl (C=O) groups is 1. The third-order valence-corrected chi connectivity index (χ3v) is 11.1. The number of likely N-dealkylation sites (tertiary alicyclic amines) is 2. The second-order valence-electron chi connectivity index (χ2n) is 13.3. The number of rotatable bonds is 9. The second kappa shape index (κ2) is 12.2. The van der Waals surface area contributed by atoms with E-state index < -0.39 is 5.41 Å². The summed E-state index contributed by atoms with van der Waals surface area (Å²) in [6.07, 6.45) is 6.03. The Bertz CT molecular complexity index is 1330. The summed E-state index contributed by atoms with van der Waals surface area (Å²) in [4.78, 5) is 29.7. The van der Waals surface area contributed by atoms with Crippen molar-refractivity contribution in [1.82, 2.24) is 24.6 Å². The van der Waals surface area contributed by atoms with Crippen LogP contribution >= 0.6 is 11.3 Å². The molecular weight excluding hydrogens is 526 g/mol. The number of carbonyl (C=O) groups excluding carboxylic acids is 1. The third kappa shape index (κ3) is 6.29. The number of piperazine rings is 1. The Morgan fingerprint density at radius 2 is 1.34 bits per heavy atom. The van der Waals surface area contributed by atoms with Gasteiger partial charge < -0.3 is 19.7 Å². The van der Waals surface area contributed by atoms with Crippen molar-refractivity contribution in [3.8, 4) is 11.3 Å². The average molecular weight is 576 g/mol. The molecule has 222 valence electrons. The lowest BCUT2D eigenvalue weighted by Crippen LogP contribution is -2.48. The van der Waals surface area contributed by atoms with Gasteiger partial charge in [-0.3, -0.25) is 9.69 Å². The first-order chi connectivity index (χ1) is 19.8. The van der Waals surface area contributed by atoms with Gasteiger partial charge in [0.25, 0.3) is 0 Å². The summed E-state index contributed by atoms with van der Waals surface area (Å²) in [7, 11) is 0. The van der Waals surface area contributed by atoms with Crippen molar-refractivity contribution in [1.29, 1.82) is 0 Å². The number of amides is 1. The predicted molar refractivity (Wildman–Crippen MR) is 172 cm³/mol. The van der Waals surface area contributed by atoms with Gasteiger partial charge in [-0.05, 0) is 102 Å². The molecule has 3 saturated heterocycles. The van der Waals surface area contributed by atoms with Crippen LogP contribution in [0.25, 0.3) is 21.5 Å². The number of aromatic amines is 1. The van der Waals surface area contributed by atoms with Crippen molar-refractivity contribution in [2.75, 3.05) is 72.0 Å². The molecule has 3 aliphatic rings. The number of H-pyrrole nitrogens is 1. The van der Waals surface area contributed by atoms with E-state index in [1.54, 1.807) is 11.3 Å². The Hall–Kier alpha value is -2.19. The Morgan fingerprint density at radius 3 is 1.98 bits per heavy atom. The number of nitrogens with zero attached hydrogens (tertiary/aromatic N) is 4. The van der Waals surface area contributed by atoms with Gasteiger partial charge in [0.05, 0.1) is 11.1 Å². The number of thiophene rings is 1. The van der Waals surface area contributed by atoms with Gasteiger partial charge in [0, 0.05) is 69.2 Å². The largest absolute Gasteiger partial charge is 0.346 e. The van der Waals surface area contributed by atoms with E-state index in [0.29, 0.717) is 0 Å². The lowest BCUT2D eigenvalue weighted by atomic mass is 9.89. The molecule has 0 spiro atoms. The molecule has 0 aliphatic carbocycles. The fraction of sp³-hybridized carbons (Fsp3) is 0.618. The minimum Gasteiger partial charge on any atom is -0.346 e. The average Bonchev–Trinajstić information content (AvgIpc) is 3.76. The molecular formula is C34H49N5OS. The van der Waals surface area contributed by atoms with Gasteiger partial charge in [0.2, 0.25) is 5.91 Å². The smallest absolute Gasteiger partial charge is 0.233 e. The first-order valence-electron chi connectivity index (χ1n) is 16.0. The molecule has 6 rings (SSSR count). The van der Waals surface area contributed by atoms with Crippen LogP contribution in [0.3, 0.4) is 0 Å². The maximum atomic E-state index is 13.5. The van der Waals surface area contributed by atoms with Gasteiger partial charge in [-0.15, -0.1) is 11.3 Å². The molecule has 1 aromatic carbocycles. The Morgan fingerprint density at radius 1 is 0.780 bits per heavy atom. The topological polar surface area (TPSA) is 45.8 Å². The van der Waals surface area contributed by atoms with Gasteiger partial charge in [-0.25, -0.2) is 0 Å². The molecule has 2 aromatic heterocycles. The Kier molecular flexibility index (Phi) is 8.60. The summed E-state index contributed by atoms with van der Waals surface area (Å²) >= 11 is 1.78. The molecule has 1 N–H and O–H groups in total. The summed E-state index contributed by atoms with van der Waals surface area (Å²) in [6.45, 7) is 21.2. The second-order valence-corrected chi connectivity index (χ2v) is 14.4. The highest BCUT2D eigenvalue weighted by Gasteiger charge is 2.37. The number of fused-ring (bicyclic) bond motifs is 1. The van der Waals surface area contributed by atoms with Crippen LogP contribution in [0.1, 0.15) is 61.1 Å². The van der Waals surface area contributed by atoms with Crippen LogP contribution in [0.2, 0.25) is 0 Å². The molecule has 0 saturated carbocycles. The van der Waals surface area contributed by atoms with Gasteiger partial charge >= 0.3 is 0 Å². The minimum atomic E-state index is -0.502. The molecule has 6 nitrogen and oxygen atoms in total. The Balaban J connectivity index is 1.20. The van der Waals surface area contributed by atoms with Crippen LogP contribution in [0.5, 0.6) is 0 Å². The molecule has 0 unspecified atom stereocenters. The van der Waals surface area contributed by atoms with Crippen molar-refractivity contribution in [3.63, 3.8) is 0 Å². The van der Waals surface area contributed by atoms with Crippen LogP contribution in [-0.2, 0) is 16.6 Å². The molecule has 3 fully saturated rings. The lowest BCUT2D eigenvalue weighted by molar-refractivity contribution is -0.135. The number of hydrogen-bond donors (Lipinski definition) is 1. The maximum Gasteiger partial charge on any atom is 0.233 e. The van der Waals surface area contributed by atoms with Crippen molar-refractivity contribution in [2.24, 2.45) is 0 Å². The Labute approximate surface area is 250 Å². The van der Waals surface area contributed by atoms with E-state index in [0.717, 1.165) is 52.0 Å². The highest BCUT2D eigenvalue weighted by Crippen LogP contribution is 2.41. The highest BCUT2D eigenvalue weighted by atomic mass is 32.1. The molecule has 0 atom stereocenters. The first kappa shape index (κ1) is 28.9. The van der Waals surface area contributed by atoms with Crippen molar-refractivity contribution in [3.05, 3.63) is 45.8 Å². The van der Waals surface area contributed by atoms with E-state index in [2.05, 4.69) is 76.5 Å². The molecule has 7 heteroatoms. The fourth-order valence-electron chi connectivity index (χ4n) is 7.18. The molecule has 0 radical (unpaired) electrons. The molecule has 0 bridgehead atoms. The van der Waals surface area contributed by atoms with E-state index in [9.17, 15) is 4.79 Å². The summed E-state index contributed by atoms with van der Waals surface area (Å²) in [5, 5.41) is 1.31. The standard InChI is InChI=1S/C34H49N5OS/c1-25-21-26(2)23-27(22-25)31-28(9-14-37-16-19-38(20-17-37)18-15-36-10-5-6-11-36)29-24-30(41-32(29)35-31)34(3,4)33(40)39-12-7-8-13-39/h21-24,35H,5-20H2,1-4H3. The summed E-state index contributed by atoms with van der Waals surface area (Å²) < 4.78 is 0. The lowest BCUT2D eigenvalue weighted by Gasteiger charge is -2.35. The number of nitrogens with one attached hydrogen (secondary N) is 1. The zero-order chi connectivity index (χ0) is 28.6. The summed E-state index contributed by atoms with van der Waals surface area (Å²) in [5.74, 6) is 0.276. The van der Waals surface area contributed by atoms with Crippen LogP contribution in [0, 0.1) is 13.8 Å². The van der Waals surface area contributed by atoms with Crippen molar-refractivity contribution in [2.45, 2.75) is 65.2 Å². The normalized spacial score (nSPS) is 19.7. The zero-order valence-electron chi connectivity index (χ0n) is 25.7. The van der Waals surface area contributed by atoms with E-state index in [4.69, 9.17) is 0 Å². The van der Waals surface area contributed by atoms with E-state index in [-0.39, 0.29) is 5.91 Å². The SMILES string of the molecule is Cc1cc(C)cc(-c2[nH]c3sc(C(C)(C)C(=O)N4CCCC4)cc3c2CCN2CCN(CCN3CCCC3)CC2)c1. The van der Waals surface area contributed by atoms with E-state index in [1.165, 1.54) is 95.2 Å². The van der Waals surface area contributed by atoms with Crippen molar-refractivity contribution >= 4 is 27.5 Å². The number of aromatic nitrogens is 1. The molecule has 1 amide bonds. The van der Waals surface area contributed by atoms with Gasteiger partial charge in [0.1, 0.15) is 4.83 Å². The van der Waals surface area contributed by atoms with Crippen molar-refractivity contribution < 1.29 is 4.79 Å². The van der Waals surface area contributed by atoms with Gasteiger partial charge in [-0.2, -0.15) is 0 Å². The monoisotopic (exact) mass is 575 g/mol. The quantitative estimate of drug-likeness (QED) is 0.357. The van der Waals surface area contributed by atoms with Crippen LogP contribution in [-0.4, -0.2) is 102 Å². The highest BCUT2D eigenvalue weighted by molar-refractivity contribution is 7.19. The van der Waals surface area contributed by atoms with Gasteiger partial charge in [-0.1, -0.05) is 17.2 Å². The molecule has 41 heavy (non-hydrogen) atoms. The summed E-state index contributed by atoms with van der Waals surface area (Å²) in [5.41, 5.74) is 6.05. The molecule has 3 aromatic rings. The van der Waals surface area contributed by atoms with E-state index >= 15 is 0 Å². The number of hydrogen-bond acceptors (Lipinski definition) is 5. The van der Waals surface area contributed by atoms with Gasteiger partial charge in [0.15, 0.2) is 0 Å². The van der Waals surface area contributed by atoms with Crippen LogP contribution in [0.4, 0.5) is 0 Å². The minimum absolute atomic E-state index is 0.276. The van der Waals surface area contributed by atoms with E-state index in [1.807, 2.05) is 0 Å².